The molecule has 53 heavy (non-hydrogen) atoms. The minimum atomic E-state index is 0.484. The Hall–Kier alpha value is -7.35. The highest BCUT2D eigenvalue weighted by Crippen LogP contribution is 2.44. The molecule has 0 unspecified atom stereocenters. The molecular weight excluding hydrogens is 649 g/mol. The van der Waals surface area contributed by atoms with Crippen molar-refractivity contribution in [2.45, 2.75) is 0 Å². The van der Waals surface area contributed by atoms with E-state index in [4.69, 9.17) is 15.4 Å². The maximum absolute atomic E-state index is 8.22. The first kappa shape index (κ1) is 29.4. The van der Waals surface area contributed by atoms with Crippen LogP contribution in [0.3, 0.4) is 0 Å². The van der Waals surface area contributed by atoms with E-state index in [1.807, 2.05) is 36.4 Å². The molecule has 246 valence electrons. The van der Waals surface area contributed by atoms with Crippen LogP contribution in [0.1, 0.15) is 0 Å². The van der Waals surface area contributed by atoms with E-state index in [1.54, 1.807) is 0 Å². The number of para-hydroxylation sites is 2. The topological polar surface area (TPSA) is 35.6 Å². The van der Waals surface area contributed by atoms with Gasteiger partial charge in [-0.1, -0.05) is 115 Å². The first-order valence-electron chi connectivity index (χ1n) is 17.7. The summed E-state index contributed by atoms with van der Waals surface area (Å²) in [5.41, 5.74) is 13.3. The molecule has 0 atom stereocenters. The first-order chi connectivity index (χ1) is 26.2. The van der Waals surface area contributed by atoms with Gasteiger partial charge in [0.2, 0.25) is 5.69 Å². The number of fused-ring (bicyclic) bond motifs is 9. The van der Waals surface area contributed by atoms with Crippen LogP contribution in [0.15, 0.2) is 179 Å². The lowest BCUT2D eigenvalue weighted by Crippen LogP contribution is -1.94. The summed E-state index contributed by atoms with van der Waals surface area (Å²) in [7, 11) is 0. The van der Waals surface area contributed by atoms with E-state index in [1.165, 1.54) is 16.5 Å². The molecule has 4 nitrogen and oxygen atoms in total. The average molecular weight is 677 g/mol. The molecule has 3 aromatic heterocycles. The quantitative estimate of drug-likeness (QED) is 0.174. The largest absolute Gasteiger partial charge is 0.465 e. The van der Waals surface area contributed by atoms with Crippen molar-refractivity contribution in [3.63, 3.8) is 0 Å². The Balaban J connectivity index is 1.16. The third-order valence-electron chi connectivity index (χ3n) is 10.6. The first-order valence-corrected chi connectivity index (χ1v) is 17.7. The van der Waals surface area contributed by atoms with E-state index in [0.29, 0.717) is 11.3 Å². The normalized spacial score (nSPS) is 11.8. The lowest BCUT2D eigenvalue weighted by atomic mass is 9.99. The molecule has 0 spiro atoms. The van der Waals surface area contributed by atoms with E-state index in [9.17, 15) is 0 Å². The summed E-state index contributed by atoms with van der Waals surface area (Å²) >= 11 is 0. The van der Waals surface area contributed by atoms with Gasteiger partial charge in [0.15, 0.2) is 5.58 Å². The standard InChI is InChI=1S/C49H28N2O2/c1-50-42-28-35(33-21-24-47-40(26-33)37-15-8-9-18-46(37)52-47)27-41-38-16-10-17-44(49(38)53-48(41)42)51-43-23-20-32(30-11-4-2-5-12-30)25-39(43)36-22-19-34(29-45(36)51)31-13-6-3-7-14-31/h2-29H. The van der Waals surface area contributed by atoms with Crippen LogP contribution in [0.4, 0.5) is 5.69 Å². The fourth-order valence-electron chi connectivity index (χ4n) is 8.10. The van der Waals surface area contributed by atoms with Gasteiger partial charge in [-0.15, -0.1) is 0 Å². The van der Waals surface area contributed by atoms with Gasteiger partial charge in [0.25, 0.3) is 0 Å². The third kappa shape index (κ3) is 4.48. The number of hydrogen-bond donors (Lipinski definition) is 0. The van der Waals surface area contributed by atoms with Crippen LogP contribution < -0.4 is 0 Å². The Morgan fingerprint density at radius 1 is 0.377 bits per heavy atom. The van der Waals surface area contributed by atoms with Crippen molar-refractivity contribution in [3.8, 4) is 39.1 Å². The van der Waals surface area contributed by atoms with Gasteiger partial charge in [0, 0.05) is 32.3 Å². The monoisotopic (exact) mass is 676 g/mol. The fourth-order valence-corrected chi connectivity index (χ4v) is 8.10. The summed E-state index contributed by atoms with van der Waals surface area (Å²) in [6.07, 6.45) is 0. The van der Waals surface area contributed by atoms with Crippen molar-refractivity contribution in [1.82, 2.24) is 4.57 Å². The zero-order valence-corrected chi connectivity index (χ0v) is 28.4. The molecule has 0 radical (unpaired) electrons. The van der Waals surface area contributed by atoms with Crippen LogP contribution in [0, 0.1) is 6.57 Å². The van der Waals surface area contributed by atoms with Crippen molar-refractivity contribution in [2.75, 3.05) is 0 Å². The van der Waals surface area contributed by atoms with Gasteiger partial charge in [-0.2, -0.15) is 0 Å². The highest BCUT2D eigenvalue weighted by atomic mass is 16.3. The second kappa shape index (κ2) is 11.3. The smallest absolute Gasteiger partial charge is 0.230 e. The van der Waals surface area contributed by atoms with Crippen molar-refractivity contribution < 1.29 is 8.83 Å². The van der Waals surface area contributed by atoms with Crippen LogP contribution in [-0.2, 0) is 0 Å². The molecular formula is C49H28N2O2. The molecule has 0 saturated heterocycles. The Bertz CT molecular complexity index is 3280. The van der Waals surface area contributed by atoms with Gasteiger partial charge in [0.05, 0.1) is 23.3 Å². The summed E-state index contributed by atoms with van der Waals surface area (Å²) in [6, 6.07) is 59.3. The third-order valence-corrected chi connectivity index (χ3v) is 10.6. The summed E-state index contributed by atoms with van der Waals surface area (Å²) in [5.74, 6) is 0. The van der Waals surface area contributed by atoms with Crippen LogP contribution in [0.25, 0.3) is 110 Å². The van der Waals surface area contributed by atoms with Gasteiger partial charge >= 0.3 is 0 Å². The second-order valence-corrected chi connectivity index (χ2v) is 13.6. The summed E-state index contributed by atoms with van der Waals surface area (Å²) in [6.45, 7) is 8.22. The Kier molecular flexibility index (Phi) is 6.28. The maximum atomic E-state index is 8.22. The second-order valence-electron chi connectivity index (χ2n) is 13.6. The molecule has 0 aliphatic heterocycles. The van der Waals surface area contributed by atoms with Crippen LogP contribution >= 0.6 is 0 Å². The van der Waals surface area contributed by atoms with Gasteiger partial charge in [-0.05, 0) is 88.0 Å². The predicted molar refractivity (Wildman–Crippen MR) is 218 cm³/mol. The van der Waals surface area contributed by atoms with Crippen LogP contribution in [-0.4, -0.2) is 4.57 Å². The highest BCUT2D eigenvalue weighted by molar-refractivity contribution is 6.16. The van der Waals surface area contributed by atoms with Gasteiger partial charge in [-0.25, -0.2) is 4.85 Å². The number of benzene rings is 8. The molecule has 4 heteroatoms. The van der Waals surface area contributed by atoms with Crippen molar-refractivity contribution in [2.24, 2.45) is 0 Å². The molecule has 0 saturated carbocycles. The number of furan rings is 2. The lowest BCUT2D eigenvalue weighted by Gasteiger charge is -2.10. The van der Waals surface area contributed by atoms with Crippen LogP contribution in [0.2, 0.25) is 0 Å². The van der Waals surface area contributed by atoms with E-state index in [-0.39, 0.29) is 0 Å². The van der Waals surface area contributed by atoms with Gasteiger partial charge in [-0.3, -0.25) is 0 Å². The van der Waals surface area contributed by atoms with Crippen molar-refractivity contribution >= 4 is 71.4 Å². The zero-order chi connectivity index (χ0) is 35.0. The summed E-state index contributed by atoms with van der Waals surface area (Å²) < 4.78 is 15.2. The summed E-state index contributed by atoms with van der Waals surface area (Å²) in [4.78, 5) is 3.99. The van der Waals surface area contributed by atoms with Gasteiger partial charge in [0.1, 0.15) is 16.7 Å². The van der Waals surface area contributed by atoms with E-state index < -0.39 is 0 Å². The highest BCUT2D eigenvalue weighted by Gasteiger charge is 2.21. The summed E-state index contributed by atoms with van der Waals surface area (Å²) in [5, 5.41) is 6.34. The number of hydrogen-bond acceptors (Lipinski definition) is 2. The Morgan fingerprint density at radius 3 is 1.83 bits per heavy atom. The molecule has 11 rings (SSSR count). The molecule has 0 aliphatic carbocycles. The Labute approximate surface area is 304 Å². The molecule has 8 aromatic carbocycles. The average Bonchev–Trinajstić information content (AvgIpc) is 3.90. The zero-order valence-electron chi connectivity index (χ0n) is 28.4. The fraction of sp³-hybridized carbons (Fsp3) is 0. The minimum absolute atomic E-state index is 0.484. The van der Waals surface area contributed by atoms with Crippen LogP contribution in [0.5, 0.6) is 0 Å². The Morgan fingerprint density at radius 2 is 1.02 bits per heavy atom. The molecule has 3 heterocycles. The molecule has 11 aromatic rings. The number of rotatable bonds is 4. The molecule has 0 bridgehead atoms. The van der Waals surface area contributed by atoms with Crippen molar-refractivity contribution in [3.05, 3.63) is 181 Å². The molecule has 0 aliphatic rings. The van der Waals surface area contributed by atoms with E-state index >= 15 is 0 Å². The maximum Gasteiger partial charge on any atom is 0.230 e. The van der Waals surface area contributed by atoms with E-state index in [2.05, 4.69) is 143 Å². The minimum Gasteiger partial charge on any atom is -0.465 e. The van der Waals surface area contributed by atoms with Crippen molar-refractivity contribution in [1.29, 1.82) is 0 Å². The number of aromatic nitrogens is 1. The predicted octanol–water partition coefficient (Wildman–Crippen LogP) is 14.1. The lowest BCUT2D eigenvalue weighted by molar-refractivity contribution is 0.668. The molecule has 0 N–H and O–H groups in total. The van der Waals surface area contributed by atoms with Gasteiger partial charge < -0.3 is 13.4 Å². The molecule has 0 amide bonds. The SMILES string of the molecule is [C-]#[N+]c1cc(-c2ccc3oc4ccccc4c3c2)cc2c1oc1c(-n3c4ccc(-c5ccccc5)cc4c4ccc(-c5ccccc5)cc43)cccc12. The number of nitrogens with zero attached hydrogens (tertiary/aromatic N) is 2. The molecule has 0 fully saturated rings. The van der Waals surface area contributed by atoms with E-state index in [0.717, 1.165) is 82.7 Å².